The lowest BCUT2D eigenvalue weighted by atomic mass is 10.0. The van der Waals surface area contributed by atoms with E-state index in [1.54, 1.807) is 0 Å². The van der Waals surface area contributed by atoms with Gasteiger partial charge in [0.25, 0.3) is 0 Å². The Bertz CT molecular complexity index is 649. The molecule has 280 valence electrons. The van der Waals surface area contributed by atoms with Gasteiger partial charge >= 0.3 is 11.9 Å². The third-order valence-electron chi connectivity index (χ3n) is 9.52. The standard InChI is InChI=1S/C42H82O5/c1-4-5-6-7-8-9-10-11-12-13-14-15-16-20-23-26-29-32-35-41(44)46-37-40(43)38-47-42(45)36-33-30-27-24-21-18-17-19-22-25-28-31-34-39(2)3/h39-40,43H,4-38H2,1-3H3/t40-/m0/s1. The van der Waals surface area contributed by atoms with Crippen molar-refractivity contribution < 1.29 is 24.2 Å². The van der Waals surface area contributed by atoms with Gasteiger partial charge in [0.15, 0.2) is 0 Å². The van der Waals surface area contributed by atoms with Crippen LogP contribution < -0.4 is 0 Å². The van der Waals surface area contributed by atoms with Crippen LogP contribution in [0.1, 0.15) is 233 Å². The molecule has 0 radical (unpaired) electrons. The molecule has 0 heterocycles. The predicted molar refractivity (Wildman–Crippen MR) is 201 cm³/mol. The molecular formula is C42H82O5. The fourth-order valence-electron chi connectivity index (χ4n) is 6.33. The molecule has 0 aromatic carbocycles. The first-order valence-corrected chi connectivity index (χ1v) is 20.9. The largest absolute Gasteiger partial charge is 0.463 e. The van der Waals surface area contributed by atoms with Crippen molar-refractivity contribution in [2.45, 2.75) is 239 Å². The molecule has 0 saturated heterocycles. The topological polar surface area (TPSA) is 72.8 Å². The molecule has 0 unspecified atom stereocenters. The van der Waals surface area contributed by atoms with E-state index in [1.807, 2.05) is 0 Å². The van der Waals surface area contributed by atoms with Crippen LogP contribution in [0.2, 0.25) is 0 Å². The fraction of sp³-hybridized carbons (Fsp3) is 0.952. The van der Waals surface area contributed by atoms with Crippen molar-refractivity contribution in [2.75, 3.05) is 13.2 Å². The zero-order valence-electron chi connectivity index (χ0n) is 32.0. The zero-order valence-corrected chi connectivity index (χ0v) is 32.0. The molecule has 0 aromatic heterocycles. The van der Waals surface area contributed by atoms with Gasteiger partial charge in [-0.1, -0.05) is 207 Å². The Labute approximate surface area is 293 Å². The number of hydrogen-bond donors (Lipinski definition) is 1. The van der Waals surface area contributed by atoms with E-state index in [4.69, 9.17) is 9.47 Å². The summed E-state index contributed by atoms with van der Waals surface area (Å²) in [6.45, 7) is 6.68. The lowest BCUT2D eigenvalue weighted by Gasteiger charge is -2.12. The van der Waals surface area contributed by atoms with Crippen molar-refractivity contribution in [1.29, 1.82) is 0 Å². The number of ether oxygens (including phenoxy) is 2. The minimum absolute atomic E-state index is 0.108. The number of unbranched alkanes of at least 4 members (excludes halogenated alkanes) is 28. The van der Waals surface area contributed by atoms with Gasteiger partial charge in [-0.05, 0) is 18.8 Å². The normalized spacial score (nSPS) is 12.1. The molecule has 0 aliphatic heterocycles. The van der Waals surface area contributed by atoms with E-state index in [0.717, 1.165) is 31.6 Å². The number of aliphatic hydroxyl groups is 1. The van der Waals surface area contributed by atoms with Gasteiger partial charge in [0, 0.05) is 12.8 Å². The van der Waals surface area contributed by atoms with Crippen LogP contribution >= 0.6 is 0 Å². The third-order valence-corrected chi connectivity index (χ3v) is 9.52. The quantitative estimate of drug-likeness (QED) is 0.0524. The van der Waals surface area contributed by atoms with E-state index in [2.05, 4.69) is 20.8 Å². The van der Waals surface area contributed by atoms with Gasteiger partial charge in [-0.2, -0.15) is 0 Å². The zero-order chi connectivity index (χ0) is 34.5. The van der Waals surface area contributed by atoms with Crippen molar-refractivity contribution in [3.8, 4) is 0 Å². The molecule has 0 fully saturated rings. The molecule has 47 heavy (non-hydrogen) atoms. The second kappa shape index (κ2) is 37.7. The lowest BCUT2D eigenvalue weighted by molar-refractivity contribution is -0.152. The highest BCUT2D eigenvalue weighted by Crippen LogP contribution is 2.16. The summed E-state index contributed by atoms with van der Waals surface area (Å²) in [7, 11) is 0. The second-order valence-electron chi connectivity index (χ2n) is 15.0. The van der Waals surface area contributed by atoms with E-state index in [9.17, 15) is 14.7 Å². The number of esters is 2. The summed E-state index contributed by atoms with van der Waals surface area (Å²) in [5.41, 5.74) is 0. The average molecular weight is 667 g/mol. The highest BCUT2D eigenvalue weighted by Gasteiger charge is 2.12. The van der Waals surface area contributed by atoms with Crippen molar-refractivity contribution in [3.63, 3.8) is 0 Å². The SMILES string of the molecule is CCCCCCCCCCCCCCCCCCCCC(=O)OC[C@H](O)COC(=O)CCCCCCCCCCCCCCC(C)C. The Balaban J connectivity index is 3.36. The number of aliphatic hydroxyl groups excluding tert-OH is 1. The predicted octanol–water partition coefficient (Wildman–Crippen LogP) is 13.0. The first kappa shape index (κ1) is 45.9. The smallest absolute Gasteiger partial charge is 0.305 e. The minimum atomic E-state index is -0.955. The van der Waals surface area contributed by atoms with Crippen LogP contribution in [-0.2, 0) is 19.1 Å². The minimum Gasteiger partial charge on any atom is -0.463 e. The second-order valence-corrected chi connectivity index (χ2v) is 15.0. The van der Waals surface area contributed by atoms with Gasteiger partial charge in [-0.15, -0.1) is 0 Å². The molecule has 0 saturated carbocycles. The molecule has 0 amide bonds. The van der Waals surface area contributed by atoms with Crippen molar-refractivity contribution >= 4 is 11.9 Å². The Hall–Kier alpha value is -1.10. The Morgan fingerprint density at radius 1 is 0.426 bits per heavy atom. The van der Waals surface area contributed by atoms with Crippen LogP contribution in [0.25, 0.3) is 0 Å². The highest BCUT2D eigenvalue weighted by molar-refractivity contribution is 5.69. The summed E-state index contributed by atoms with van der Waals surface area (Å²) in [6, 6.07) is 0. The molecular weight excluding hydrogens is 584 g/mol. The number of rotatable bonds is 38. The molecule has 5 heteroatoms. The van der Waals surface area contributed by atoms with Gasteiger partial charge in [0.2, 0.25) is 0 Å². The first-order valence-electron chi connectivity index (χ1n) is 20.9. The van der Waals surface area contributed by atoms with Crippen LogP contribution in [0.4, 0.5) is 0 Å². The van der Waals surface area contributed by atoms with Crippen LogP contribution in [-0.4, -0.2) is 36.4 Å². The summed E-state index contributed by atoms with van der Waals surface area (Å²) in [5.74, 6) is 0.293. The maximum absolute atomic E-state index is 12.0. The van der Waals surface area contributed by atoms with Gasteiger partial charge in [0.05, 0.1) is 0 Å². The van der Waals surface area contributed by atoms with Crippen molar-refractivity contribution in [1.82, 2.24) is 0 Å². The third kappa shape index (κ3) is 39.2. The summed E-state index contributed by atoms with van der Waals surface area (Å²) in [4.78, 5) is 24.0. The fourth-order valence-corrected chi connectivity index (χ4v) is 6.33. The monoisotopic (exact) mass is 667 g/mol. The van der Waals surface area contributed by atoms with E-state index in [-0.39, 0.29) is 25.2 Å². The molecule has 1 N–H and O–H groups in total. The molecule has 0 bridgehead atoms. The maximum atomic E-state index is 12.0. The van der Waals surface area contributed by atoms with E-state index in [1.165, 1.54) is 173 Å². The summed E-state index contributed by atoms with van der Waals surface area (Å²) >= 11 is 0. The Morgan fingerprint density at radius 2 is 0.681 bits per heavy atom. The van der Waals surface area contributed by atoms with E-state index in [0.29, 0.717) is 12.8 Å². The van der Waals surface area contributed by atoms with Gasteiger partial charge < -0.3 is 14.6 Å². The van der Waals surface area contributed by atoms with Crippen LogP contribution in [0.3, 0.4) is 0 Å². The number of carbonyl (C=O) groups excluding carboxylic acids is 2. The van der Waals surface area contributed by atoms with Crippen LogP contribution in [0.15, 0.2) is 0 Å². The van der Waals surface area contributed by atoms with Crippen molar-refractivity contribution in [3.05, 3.63) is 0 Å². The molecule has 0 aliphatic carbocycles. The maximum Gasteiger partial charge on any atom is 0.305 e. The Kier molecular flexibility index (Phi) is 36.8. The van der Waals surface area contributed by atoms with E-state index < -0.39 is 6.10 Å². The van der Waals surface area contributed by atoms with E-state index >= 15 is 0 Å². The van der Waals surface area contributed by atoms with Crippen LogP contribution in [0.5, 0.6) is 0 Å². The molecule has 1 atom stereocenters. The first-order chi connectivity index (χ1) is 23.0. The van der Waals surface area contributed by atoms with Crippen molar-refractivity contribution in [2.24, 2.45) is 5.92 Å². The molecule has 0 spiro atoms. The van der Waals surface area contributed by atoms with Gasteiger partial charge in [-0.3, -0.25) is 9.59 Å². The number of carbonyl (C=O) groups is 2. The molecule has 0 aromatic rings. The molecule has 0 rings (SSSR count). The van der Waals surface area contributed by atoms with Gasteiger partial charge in [-0.25, -0.2) is 0 Å². The summed E-state index contributed by atoms with van der Waals surface area (Å²) in [5, 5.41) is 10.0. The summed E-state index contributed by atoms with van der Waals surface area (Å²) in [6.07, 6.45) is 40.2. The van der Waals surface area contributed by atoms with Gasteiger partial charge in [0.1, 0.15) is 19.3 Å². The lowest BCUT2D eigenvalue weighted by Crippen LogP contribution is -2.25. The Morgan fingerprint density at radius 3 is 0.957 bits per heavy atom. The molecule has 0 aliphatic rings. The average Bonchev–Trinajstić information content (AvgIpc) is 3.05. The number of hydrogen-bond acceptors (Lipinski definition) is 5. The summed E-state index contributed by atoms with van der Waals surface area (Å²) < 4.78 is 10.4. The molecule has 5 nitrogen and oxygen atoms in total. The van der Waals surface area contributed by atoms with Crippen LogP contribution in [0, 0.1) is 5.92 Å². The highest BCUT2D eigenvalue weighted by atomic mass is 16.6.